The molecule has 1 atom stereocenters. The summed E-state index contributed by atoms with van der Waals surface area (Å²) >= 11 is 8.35. The number of rotatable bonds is 3. The minimum atomic E-state index is -0.377. The van der Waals surface area contributed by atoms with Crippen LogP contribution in [0.4, 0.5) is 11.4 Å². The van der Waals surface area contributed by atoms with Crippen LogP contribution in [0.15, 0.2) is 48.5 Å². The van der Waals surface area contributed by atoms with E-state index in [9.17, 15) is 9.59 Å². The van der Waals surface area contributed by atoms with Gasteiger partial charge in [-0.25, -0.2) is 0 Å². The summed E-state index contributed by atoms with van der Waals surface area (Å²) in [6.45, 7) is 0.346. The van der Waals surface area contributed by atoms with Gasteiger partial charge in [-0.05, 0) is 59.0 Å². The van der Waals surface area contributed by atoms with Crippen LogP contribution in [0.2, 0.25) is 5.02 Å². The van der Waals surface area contributed by atoms with Gasteiger partial charge in [0.1, 0.15) is 0 Å². The summed E-state index contributed by atoms with van der Waals surface area (Å²) in [5, 5.41) is 3.38. The van der Waals surface area contributed by atoms with Crippen LogP contribution in [0.3, 0.4) is 0 Å². The van der Waals surface area contributed by atoms with Gasteiger partial charge in [-0.1, -0.05) is 23.7 Å². The number of anilines is 2. The Hall–Kier alpha value is -1.60. The van der Waals surface area contributed by atoms with Crippen molar-refractivity contribution in [1.82, 2.24) is 0 Å². The van der Waals surface area contributed by atoms with Crippen LogP contribution in [0, 0.1) is 9.49 Å². The van der Waals surface area contributed by atoms with Gasteiger partial charge in [0.25, 0.3) is 0 Å². The molecule has 0 spiro atoms. The Labute approximate surface area is 153 Å². The van der Waals surface area contributed by atoms with E-state index < -0.39 is 0 Å². The summed E-state index contributed by atoms with van der Waals surface area (Å²) in [6.07, 6.45) is 0.196. The number of amides is 2. The molecular formula is C17H14ClIN2O2. The molecule has 2 aromatic rings. The van der Waals surface area contributed by atoms with E-state index in [4.69, 9.17) is 11.6 Å². The molecule has 118 valence electrons. The van der Waals surface area contributed by atoms with Crippen molar-refractivity contribution in [2.24, 2.45) is 5.92 Å². The molecule has 2 amide bonds. The summed E-state index contributed by atoms with van der Waals surface area (Å²) in [4.78, 5) is 26.2. The molecule has 1 aliphatic heterocycles. The van der Waals surface area contributed by atoms with Gasteiger partial charge in [-0.3, -0.25) is 9.59 Å². The molecule has 0 bridgehead atoms. The second-order valence-corrected chi connectivity index (χ2v) is 7.01. The highest BCUT2D eigenvalue weighted by molar-refractivity contribution is 14.1. The number of nitrogens with zero attached hydrogens (tertiary/aromatic N) is 1. The number of carbonyl (C=O) groups is 2. The number of halogens is 2. The zero-order valence-electron chi connectivity index (χ0n) is 12.1. The number of para-hydroxylation sites is 1. The minimum absolute atomic E-state index is 0.0825. The number of hydrogen-bond acceptors (Lipinski definition) is 2. The molecule has 0 unspecified atom stereocenters. The monoisotopic (exact) mass is 440 g/mol. The molecule has 3 rings (SSSR count). The van der Waals surface area contributed by atoms with Crippen LogP contribution in [0.25, 0.3) is 0 Å². The maximum Gasteiger partial charge on any atom is 0.229 e. The third-order valence-corrected chi connectivity index (χ3v) is 4.79. The Morgan fingerprint density at radius 3 is 2.57 bits per heavy atom. The SMILES string of the molecule is O=C(Nc1ccc(I)cc1)[C@@H]1CC(=O)N(c2ccccc2Cl)C1. The molecule has 2 aromatic carbocycles. The van der Waals surface area contributed by atoms with E-state index in [0.29, 0.717) is 17.3 Å². The highest BCUT2D eigenvalue weighted by Gasteiger charge is 2.35. The van der Waals surface area contributed by atoms with Crippen molar-refractivity contribution in [3.05, 3.63) is 57.1 Å². The molecular weight excluding hydrogens is 427 g/mol. The molecule has 1 N–H and O–H groups in total. The van der Waals surface area contributed by atoms with Gasteiger partial charge in [0, 0.05) is 22.2 Å². The lowest BCUT2D eigenvalue weighted by Gasteiger charge is -2.18. The van der Waals surface area contributed by atoms with Crippen LogP contribution < -0.4 is 10.2 Å². The van der Waals surface area contributed by atoms with Gasteiger partial charge in [0.05, 0.1) is 16.6 Å². The summed E-state index contributed by atoms with van der Waals surface area (Å²) in [7, 11) is 0. The average molecular weight is 441 g/mol. The van der Waals surface area contributed by atoms with Crippen molar-refractivity contribution in [1.29, 1.82) is 0 Å². The van der Waals surface area contributed by atoms with Gasteiger partial charge in [-0.15, -0.1) is 0 Å². The largest absolute Gasteiger partial charge is 0.326 e. The molecule has 1 aliphatic rings. The van der Waals surface area contributed by atoms with E-state index in [-0.39, 0.29) is 24.2 Å². The first-order valence-electron chi connectivity index (χ1n) is 7.16. The zero-order chi connectivity index (χ0) is 16.4. The van der Waals surface area contributed by atoms with E-state index in [1.165, 1.54) is 0 Å². The Morgan fingerprint density at radius 1 is 1.17 bits per heavy atom. The Kier molecular flexibility index (Phi) is 4.87. The third kappa shape index (κ3) is 3.67. The van der Waals surface area contributed by atoms with Gasteiger partial charge >= 0.3 is 0 Å². The highest BCUT2D eigenvalue weighted by Crippen LogP contribution is 2.31. The fraction of sp³-hybridized carbons (Fsp3) is 0.176. The van der Waals surface area contributed by atoms with E-state index in [1.807, 2.05) is 36.4 Å². The van der Waals surface area contributed by atoms with Crippen molar-refractivity contribution in [3.63, 3.8) is 0 Å². The van der Waals surface area contributed by atoms with E-state index in [2.05, 4.69) is 27.9 Å². The van der Waals surface area contributed by atoms with Gasteiger partial charge in [-0.2, -0.15) is 0 Å². The topological polar surface area (TPSA) is 49.4 Å². The molecule has 1 saturated heterocycles. The highest BCUT2D eigenvalue weighted by atomic mass is 127. The Bertz CT molecular complexity index is 749. The second kappa shape index (κ2) is 6.88. The standard InChI is InChI=1S/C17H14ClIN2O2/c18-14-3-1-2-4-15(14)21-10-11(9-16(21)22)17(23)20-13-7-5-12(19)6-8-13/h1-8,11H,9-10H2,(H,20,23)/t11-/m1/s1. The fourth-order valence-corrected chi connectivity index (χ4v) is 3.16. The fourth-order valence-electron chi connectivity index (χ4n) is 2.56. The maximum absolute atomic E-state index is 12.4. The lowest BCUT2D eigenvalue weighted by molar-refractivity contribution is -0.122. The van der Waals surface area contributed by atoms with Gasteiger partial charge in [0.2, 0.25) is 11.8 Å². The molecule has 4 nitrogen and oxygen atoms in total. The molecule has 1 heterocycles. The van der Waals surface area contributed by atoms with Crippen LogP contribution in [-0.4, -0.2) is 18.4 Å². The lowest BCUT2D eigenvalue weighted by atomic mass is 10.1. The molecule has 23 heavy (non-hydrogen) atoms. The predicted molar refractivity (Wildman–Crippen MR) is 99.7 cm³/mol. The first kappa shape index (κ1) is 16.3. The van der Waals surface area contributed by atoms with Crippen molar-refractivity contribution < 1.29 is 9.59 Å². The van der Waals surface area contributed by atoms with Gasteiger partial charge < -0.3 is 10.2 Å². The first-order chi connectivity index (χ1) is 11.0. The quantitative estimate of drug-likeness (QED) is 0.735. The van der Waals surface area contributed by atoms with Crippen LogP contribution in [0.1, 0.15) is 6.42 Å². The van der Waals surface area contributed by atoms with Crippen molar-refractivity contribution in [3.8, 4) is 0 Å². The molecule has 0 aromatic heterocycles. The number of hydrogen-bond donors (Lipinski definition) is 1. The normalized spacial score (nSPS) is 17.4. The number of nitrogens with one attached hydrogen (secondary N) is 1. The predicted octanol–water partition coefficient (Wildman–Crippen LogP) is 3.94. The number of benzene rings is 2. The van der Waals surface area contributed by atoms with Crippen molar-refractivity contribution in [2.75, 3.05) is 16.8 Å². The number of carbonyl (C=O) groups excluding carboxylic acids is 2. The summed E-state index contributed by atoms with van der Waals surface area (Å²) < 4.78 is 1.10. The third-order valence-electron chi connectivity index (χ3n) is 3.75. The Balaban J connectivity index is 1.71. The van der Waals surface area contributed by atoms with Crippen molar-refractivity contribution in [2.45, 2.75) is 6.42 Å². The zero-order valence-corrected chi connectivity index (χ0v) is 15.0. The Morgan fingerprint density at radius 2 is 1.87 bits per heavy atom. The van der Waals surface area contributed by atoms with Crippen molar-refractivity contribution >= 4 is 57.4 Å². The van der Waals surface area contributed by atoms with E-state index in [0.717, 1.165) is 9.26 Å². The van der Waals surface area contributed by atoms with Crippen LogP contribution in [-0.2, 0) is 9.59 Å². The summed E-state index contributed by atoms with van der Waals surface area (Å²) in [5.74, 6) is -0.604. The second-order valence-electron chi connectivity index (χ2n) is 5.35. The van der Waals surface area contributed by atoms with E-state index >= 15 is 0 Å². The molecule has 0 saturated carbocycles. The van der Waals surface area contributed by atoms with E-state index in [1.54, 1.807) is 17.0 Å². The smallest absolute Gasteiger partial charge is 0.229 e. The summed E-state index contributed by atoms with van der Waals surface area (Å²) in [5.41, 5.74) is 1.39. The maximum atomic E-state index is 12.4. The molecule has 6 heteroatoms. The molecule has 0 aliphatic carbocycles. The minimum Gasteiger partial charge on any atom is -0.326 e. The summed E-state index contributed by atoms with van der Waals surface area (Å²) in [6, 6.07) is 14.7. The molecule has 1 fully saturated rings. The van der Waals surface area contributed by atoms with Gasteiger partial charge in [0.15, 0.2) is 0 Å². The lowest BCUT2D eigenvalue weighted by Crippen LogP contribution is -2.28. The van der Waals surface area contributed by atoms with Crippen LogP contribution >= 0.6 is 34.2 Å². The van der Waals surface area contributed by atoms with Crippen LogP contribution in [0.5, 0.6) is 0 Å². The first-order valence-corrected chi connectivity index (χ1v) is 8.61. The molecule has 0 radical (unpaired) electrons. The average Bonchev–Trinajstić information content (AvgIpc) is 2.92.